The van der Waals surface area contributed by atoms with E-state index >= 15 is 0 Å². The van der Waals surface area contributed by atoms with Crippen LogP contribution in [-0.2, 0) is 19.1 Å². The summed E-state index contributed by atoms with van der Waals surface area (Å²) in [7, 11) is 0. The molecule has 0 radical (unpaired) electrons. The highest BCUT2D eigenvalue weighted by Gasteiger charge is 2.75. The maximum absolute atomic E-state index is 14.5. The molecule has 1 aromatic rings. The normalized spacial score (nSPS) is 33.7. The summed E-state index contributed by atoms with van der Waals surface area (Å²) in [5.74, 6) is -2.53. The van der Waals surface area contributed by atoms with E-state index in [1.807, 2.05) is 87.2 Å². The predicted molar refractivity (Wildman–Crippen MR) is 149 cm³/mol. The summed E-state index contributed by atoms with van der Waals surface area (Å²) in [6, 6.07) is 7.85. The van der Waals surface area contributed by atoms with Crippen LogP contribution in [-0.4, -0.2) is 81.7 Å². The molecule has 3 amide bonds. The molecular weight excluding hydrogens is 494 g/mol. The third-order valence-corrected chi connectivity index (χ3v) is 9.15. The highest BCUT2D eigenvalue weighted by Crippen LogP contribution is 2.58. The molecule has 1 aromatic carbocycles. The minimum Gasteiger partial charge on any atom is -0.394 e. The van der Waals surface area contributed by atoms with Crippen LogP contribution in [0.4, 0.5) is 5.69 Å². The van der Waals surface area contributed by atoms with Gasteiger partial charge in [-0.1, -0.05) is 69.7 Å². The quantitative estimate of drug-likeness (QED) is 0.542. The van der Waals surface area contributed by atoms with Crippen molar-refractivity contribution in [3.63, 3.8) is 0 Å². The molecule has 39 heavy (non-hydrogen) atoms. The van der Waals surface area contributed by atoms with Gasteiger partial charge in [-0.15, -0.1) is 0 Å². The van der Waals surface area contributed by atoms with E-state index in [0.29, 0.717) is 13.1 Å². The van der Waals surface area contributed by atoms with E-state index < -0.39 is 35.1 Å². The molecule has 2 unspecified atom stereocenters. The van der Waals surface area contributed by atoms with Crippen LogP contribution >= 0.6 is 0 Å². The third-order valence-electron chi connectivity index (χ3n) is 9.15. The number of anilines is 1. The average molecular weight is 536 g/mol. The standard InChI is InChI=1S/C31H41N3O5/c1-6-12-21(4)32-17-11-16-31-25(28(37)34(26(31)29(32)38)23(19-35)20(2)3)24-27(36)33(22-13-8-7-9-14-22)18-10-15-30(24,5)39-31/h7-11,13-16,20-21,23-26,35H,6,12,17-19H2,1-5H3/t21?,23-,24-,25-,26?,30+,31-/m0/s1. The van der Waals surface area contributed by atoms with Crippen LogP contribution in [0.2, 0.25) is 0 Å². The fourth-order valence-corrected chi connectivity index (χ4v) is 7.27. The summed E-state index contributed by atoms with van der Waals surface area (Å²) in [4.78, 5) is 48.4. The number of fused-ring (bicyclic) bond motifs is 2. The van der Waals surface area contributed by atoms with Gasteiger partial charge in [-0.3, -0.25) is 14.4 Å². The molecule has 7 atom stereocenters. The molecule has 0 aliphatic carbocycles. The first kappa shape index (κ1) is 27.6. The monoisotopic (exact) mass is 535 g/mol. The van der Waals surface area contributed by atoms with E-state index in [-0.39, 0.29) is 36.3 Å². The lowest BCUT2D eigenvalue weighted by molar-refractivity contribution is -0.156. The van der Waals surface area contributed by atoms with Gasteiger partial charge in [0, 0.05) is 24.8 Å². The first-order valence-corrected chi connectivity index (χ1v) is 14.3. The van der Waals surface area contributed by atoms with Crippen molar-refractivity contribution in [1.82, 2.24) is 9.80 Å². The van der Waals surface area contributed by atoms with Crippen LogP contribution in [0.15, 0.2) is 54.6 Å². The molecule has 4 aliphatic heterocycles. The van der Waals surface area contributed by atoms with Crippen LogP contribution in [0.1, 0.15) is 47.5 Å². The van der Waals surface area contributed by atoms with Gasteiger partial charge < -0.3 is 24.5 Å². The zero-order valence-electron chi connectivity index (χ0n) is 23.6. The summed E-state index contributed by atoms with van der Waals surface area (Å²) < 4.78 is 6.90. The molecule has 210 valence electrons. The Labute approximate surface area is 231 Å². The summed E-state index contributed by atoms with van der Waals surface area (Å²) in [5.41, 5.74) is -1.65. The van der Waals surface area contributed by atoms with E-state index in [1.54, 1.807) is 9.80 Å². The molecule has 1 N–H and O–H groups in total. The van der Waals surface area contributed by atoms with Gasteiger partial charge in [0.15, 0.2) is 0 Å². The number of carbonyl (C=O) groups is 3. The lowest BCUT2D eigenvalue weighted by atomic mass is 9.74. The molecule has 8 nitrogen and oxygen atoms in total. The molecule has 1 spiro atoms. The van der Waals surface area contributed by atoms with E-state index in [9.17, 15) is 19.5 Å². The molecule has 4 heterocycles. The van der Waals surface area contributed by atoms with E-state index in [0.717, 1.165) is 18.5 Å². The van der Waals surface area contributed by atoms with Crippen LogP contribution in [0.25, 0.3) is 0 Å². The maximum Gasteiger partial charge on any atom is 0.249 e. The van der Waals surface area contributed by atoms with E-state index in [2.05, 4.69) is 6.92 Å². The fraction of sp³-hybridized carbons (Fsp3) is 0.581. The third kappa shape index (κ3) is 4.14. The molecule has 5 rings (SSSR count). The van der Waals surface area contributed by atoms with Crippen molar-refractivity contribution in [2.24, 2.45) is 17.8 Å². The second kappa shape index (κ2) is 10.2. The van der Waals surface area contributed by atoms with Crippen LogP contribution in [0.3, 0.4) is 0 Å². The largest absolute Gasteiger partial charge is 0.394 e. The van der Waals surface area contributed by atoms with Crippen molar-refractivity contribution in [3.8, 4) is 0 Å². The van der Waals surface area contributed by atoms with Gasteiger partial charge in [0.25, 0.3) is 0 Å². The molecule has 2 fully saturated rings. The van der Waals surface area contributed by atoms with E-state index in [4.69, 9.17) is 4.74 Å². The molecule has 4 aliphatic rings. The van der Waals surface area contributed by atoms with Gasteiger partial charge in [-0.05, 0) is 38.3 Å². The van der Waals surface area contributed by atoms with Crippen molar-refractivity contribution in [3.05, 3.63) is 54.6 Å². The number of aliphatic hydroxyl groups is 1. The van der Waals surface area contributed by atoms with Crippen LogP contribution < -0.4 is 4.90 Å². The Balaban J connectivity index is 1.66. The minimum absolute atomic E-state index is 0.0255. The Morgan fingerprint density at radius 1 is 0.974 bits per heavy atom. The lowest BCUT2D eigenvalue weighted by Gasteiger charge is -2.42. The maximum atomic E-state index is 14.5. The number of nitrogens with zero attached hydrogens (tertiary/aromatic N) is 3. The lowest BCUT2D eigenvalue weighted by Crippen LogP contribution is -2.60. The summed E-state index contributed by atoms with van der Waals surface area (Å²) >= 11 is 0. The summed E-state index contributed by atoms with van der Waals surface area (Å²) in [6.45, 7) is 10.3. The van der Waals surface area contributed by atoms with Gasteiger partial charge >= 0.3 is 0 Å². The van der Waals surface area contributed by atoms with Crippen molar-refractivity contribution >= 4 is 23.4 Å². The Hall–Kier alpha value is -2.97. The molecule has 0 bridgehead atoms. The second-order valence-electron chi connectivity index (χ2n) is 12.0. The smallest absolute Gasteiger partial charge is 0.249 e. The van der Waals surface area contributed by atoms with Gasteiger partial charge in [0.1, 0.15) is 11.6 Å². The second-order valence-corrected chi connectivity index (χ2v) is 12.0. The number of ether oxygens (including phenoxy) is 1. The zero-order valence-corrected chi connectivity index (χ0v) is 23.6. The Morgan fingerprint density at radius 2 is 1.67 bits per heavy atom. The molecule has 8 heteroatoms. The number of hydrogen-bond acceptors (Lipinski definition) is 5. The van der Waals surface area contributed by atoms with Gasteiger partial charge in [-0.25, -0.2) is 0 Å². The molecule has 0 aromatic heterocycles. The minimum atomic E-state index is -1.32. The number of aliphatic hydroxyl groups excluding tert-OH is 1. The van der Waals surface area contributed by atoms with Crippen molar-refractivity contribution in [2.75, 3.05) is 24.6 Å². The van der Waals surface area contributed by atoms with E-state index in [1.165, 1.54) is 0 Å². The van der Waals surface area contributed by atoms with Gasteiger partial charge in [0.2, 0.25) is 17.7 Å². The van der Waals surface area contributed by atoms with Crippen molar-refractivity contribution < 1.29 is 24.2 Å². The van der Waals surface area contributed by atoms with Gasteiger partial charge in [0.05, 0.1) is 30.1 Å². The summed E-state index contributed by atoms with van der Waals surface area (Å²) in [6.07, 6.45) is 9.37. The SMILES string of the molecule is CCCC(C)N1CC=C[C@]23O[C@]4(C)C=CCN(c5ccccc5)C(=O)[C@@H]4[C@H]2C(=O)N([C@@H](CO)C(C)C)C3C1=O. The number of amides is 3. The zero-order chi connectivity index (χ0) is 28.1. The Morgan fingerprint density at radius 3 is 2.31 bits per heavy atom. The Kier molecular flexibility index (Phi) is 7.22. The van der Waals surface area contributed by atoms with Crippen molar-refractivity contribution in [1.29, 1.82) is 0 Å². The summed E-state index contributed by atoms with van der Waals surface area (Å²) in [5, 5.41) is 10.4. The predicted octanol–water partition coefficient (Wildman–Crippen LogP) is 3.16. The van der Waals surface area contributed by atoms with Gasteiger partial charge in [-0.2, -0.15) is 0 Å². The van der Waals surface area contributed by atoms with Crippen LogP contribution in [0, 0.1) is 17.8 Å². The number of para-hydroxylation sites is 1. The molecule has 0 saturated carbocycles. The number of rotatable bonds is 7. The first-order chi connectivity index (χ1) is 18.6. The topological polar surface area (TPSA) is 90.4 Å². The average Bonchev–Trinajstić information content (AvgIpc) is 3.16. The Bertz CT molecular complexity index is 1180. The molecular formula is C31H41N3O5. The number of carbonyl (C=O) groups excluding carboxylic acids is 3. The highest BCUT2D eigenvalue weighted by atomic mass is 16.5. The number of benzene rings is 1. The number of hydrogen-bond donors (Lipinski definition) is 1. The first-order valence-electron chi connectivity index (χ1n) is 14.3. The molecule has 2 saturated heterocycles. The highest BCUT2D eigenvalue weighted by molar-refractivity contribution is 6.04. The van der Waals surface area contributed by atoms with Crippen LogP contribution in [0.5, 0.6) is 0 Å². The fourth-order valence-electron chi connectivity index (χ4n) is 7.27. The number of likely N-dealkylation sites (tertiary alicyclic amines) is 1. The van der Waals surface area contributed by atoms with Crippen molar-refractivity contribution in [2.45, 2.75) is 76.8 Å².